The van der Waals surface area contributed by atoms with Crippen LogP contribution in [0.1, 0.15) is 49.3 Å². The average Bonchev–Trinajstić information content (AvgIpc) is 3.39. The number of nitrogens with one attached hydrogen (secondary N) is 1. The Balaban J connectivity index is 1.43. The van der Waals surface area contributed by atoms with Crippen LogP contribution in [0.25, 0.3) is 5.65 Å². The lowest BCUT2D eigenvalue weighted by Gasteiger charge is -2.32. The molecule has 4 heterocycles. The van der Waals surface area contributed by atoms with Crippen LogP contribution in [0, 0.1) is 0 Å². The molecular formula is C20H25N5O4. The first-order valence-corrected chi connectivity index (χ1v) is 9.96. The van der Waals surface area contributed by atoms with Gasteiger partial charge in [-0.2, -0.15) is 0 Å². The third-order valence-electron chi connectivity index (χ3n) is 5.43. The third kappa shape index (κ3) is 4.03. The first kappa shape index (κ1) is 19.2. The second kappa shape index (κ2) is 8.10. The van der Waals surface area contributed by atoms with Crippen molar-refractivity contribution in [3.63, 3.8) is 0 Å². The zero-order valence-corrected chi connectivity index (χ0v) is 16.7. The first-order valence-electron chi connectivity index (χ1n) is 9.96. The highest BCUT2D eigenvalue weighted by Gasteiger charge is 2.26. The summed E-state index contributed by atoms with van der Waals surface area (Å²) >= 11 is 0. The van der Waals surface area contributed by atoms with Crippen molar-refractivity contribution in [2.45, 2.75) is 44.9 Å². The summed E-state index contributed by atoms with van der Waals surface area (Å²) in [7, 11) is 1.53. The molecule has 0 aliphatic carbocycles. The van der Waals surface area contributed by atoms with Crippen molar-refractivity contribution in [3.05, 3.63) is 45.7 Å². The van der Waals surface area contributed by atoms with E-state index in [1.807, 2.05) is 17.9 Å². The number of hydrogen-bond donors (Lipinski definition) is 1. The van der Waals surface area contributed by atoms with Crippen molar-refractivity contribution < 1.29 is 14.1 Å². The van der Waals surface area contributed by atoms with Gasteiger partial charge in [-0.25, -0.2) is 9.50 Å². The zero-order chi connectivity index (χ0) is 20.4. The topological polar surface area (TPSA) is 106 Å². The van der Waals surface area contributed by atoms with E-state index in [9.17, 15) is 9.59 Å². The number of carbonyl (C=O) groups excluding carboxylic acids is 1. The minimum atomic E-state index is -0.107. The Bertz CT molecular complexity index is 1070. The van der Waals surface area contributed by atoms with E-state index >= 15 is 0 Å². The van der Waals surface area contributed by atoms with Gasteiger partial charge >= 0.3 is 0 Å². The van der Waals surface area contributed by atoms with Crippen LogP contribution in [-0.2, 0) is 17.6 Å². The zero-order valence-electron chi connectivity index (χ0n) is 16.7. The standard InChI is InChI=1S/C20H25N5O4/c1-3-14-9-20(27)25-17(21-14)11-16(22-25)13-5-4-8-24(12-13)19(26)7-6-15-10-18(28-2)23-29-15/h9-11,13,22H,3-8,12H2,1-2H3. The summed E-state index contributed by atoms with van der Waals surface area (Å²) in [6, 6.07) is 5.19. The first-order chi connectivity index (χ1) is 14.1. The number of carbonyl (C=O) groups is 1. The van der Waals surface area contributed by atoms with Gasteiger partial charge in [0.05, 0.1) is 7.11 Å². The van der Waals surface area contributed by atoms with E-state index in [1.54, 1.807) is 12.1 Å². The molecule has 0 radical (unpaired) electrons. The molecule has 154 valence electrons. The summed E-state index contributed by atoms with van der Waals surface area (Å²) in [4.78, 5) is 31.4. The monoisotopic (exact) mass is 399 g/mol. The van der Waals surface area contributed by atoms with Gasteiger partial charge in [0, 0.05) is 61.4 Å². The van der Waals surface area contributed by atoms with Gasteiger partial charge in [0.1, 0.15) is 5.76 Å². The van der Waals surface area contributed by atoms with E-state index in [4.69, 9.17) is 9.26 Å². The van der Waals surface area contributed by atoms with Gasteiger partial charge in [-0.1, -0.05) is 6.92 Å². The molecule has 3 aromatic heterocycles. The number of aromatic nitrogens is 4. The number of aryl methyl sites for hydroxylation is 2. The number of rotatable bonds is 6. The third-order valence-corrected chi connectivity index (χ3v) is 5.43. The smallest absolute Gasteiger partial charge is 0.272 e. The summed E-state index contributed by atoms with van der Waals surface area (Å²) < 4.78 is 11.6. The molecule has 0 spiro atoms. The SMILES string of the molecule is CCc1cc(=O)n2[nH]c(C3CCCN(C(=O)CCc4cc(OC)no4)C3)cc2n1. The van der Waals surface area contributed by atoms with E-state index in [0.717, 1.165) is 37.2 Å². The van der Waals surface area contributed by atoms with Gasteiger partial charge in [-0.15, -0.1) is 0 Å². The molecule has 1 amide bonds. The Kier molecular flexibility index (Phi) is 5.37. The number of methoxy groups -OCH3 is 1. The molecule has 4 rings (SSSR count). The molecule has 1 atom stereocenters. The van der Waals surface area contributed by atoms with Crippen LogP contribution >= 0.6 is 0 Å². The van der Waals surface area contributed by atoms with Crippen molar-refractivity contribution in [2.24, 2.45) is 0 Å². The van der Waals surface area contributed by atoms with E-state index < -0.39 is 0 Å². The molecular weight excluding hydrogens is 374 g/mol. The molecule has 1 N–H and O–H groups in total. The van der Waals surface area contributed by atoms with Crippen molar-refractivity contribution in [1.82, 2.24) is 24.7 Å². The minimum absolute atomic E-state index is 0.0877. The van der Waals surface area contributed by atoms with Crippen LogP contribution in [0.2, 0.25) is 0 Å². The van der Waals surface area contributed by atoms with Gasteiger partial charge in [-0.05, 0) is 24.4 Å². The lowest BCUT2D eigenvalue weighted by Crippen LogP contribution is -2.39. The summed E-state index contributed by atoms with van der Waals surface area (Å²) in [5.41, 5.74) is 2.25. The Hall–Kier alpha value is -3.10. The Labute approximate surface area is 167 Å². The molecule has 3 aromatic rings. The highest BCUT2D eigenvalue weighted by Crippen LogP contribution is 2.27. The Morgan fingerprint density at radius 2 is 2.24 bits per heavy atom. The van der Waals surface area contributed by atoms with E-state index in [1.165, 1.54) is 11.6 Å². The molecule has 1 saturated heterocycles. The van der Waals surface area contributed by atoms with Crippen LogP contribution in [0.5, 0.6) is 5.88 Å². The normalized spacial score (nSPS) is 17.0. The van der Waals surface area contributed by atoms with Crippen LogP contribution in [0.3, 0.4) is 0 Å². The molecule has 1 aliphatic heterocycles. The molecule has 0 saturated carbocycles. The highest BCUT2D eigenvalue weighted by atomic mass is 16.5. The van der Waals surface area contributed by atoms with Gasteiger partial charge in [0.25, 0.3) is 11.4 Å². The molecule has 9 heteroatoms. The number of piperidine rings is 1. The maximum Gasteiger partial charge on any atom is 0.272 e. The Morgan fingerprint density at radius 1 is 1.38 bits per heavy atom. The molecule has 1 fully saturated rings. The van der Waals surface area contributed by atoms with E-state index in [2.05, 4.69) is 15.2 Å². The maximum absolute atomic E-state index is 12.7. The van der Waals surface area contributed by atoms with Crippen LogP contribution in [-0.4, -0.2) is 50.8 Å². The highest BCUT2D eigenvalue weighted by molar-refractivity contribution is 5.76. The summed E-state index contributed by atoms with van der Waals surface area (Å²) in [6.07, 6.45) is 3.45. The van der Waals surface area contributed by atoms with Crippen molar-refractivity contribution in [1.29, 1.82) is 0 Å². The predicted molar refractivity (Wildman–Crippen MR) is 105 cm³/mol. The lowest BCUT2D eigenvalue weighted by molar-refractivity contribution is -0.132. The molecule has 29 heavy (non-hydrogen) atoms. The van der Waals surface area contributed by atoms with Crippen molar-refractivity contribution in [3.8, 4) is 5.88 Å². The van der Waals surface area contributed by atoms with Crippen molar-refractivity contribution >= 4 is 11.6 Å². The largest absolute Gasteiger partial charge is 0.479 e. The number of ether oxygens (including phenoxy) is 1. The fourth-order valence-corrected chi connectivity index (χ4v) is 3.80. The number of likely N-dealkylation sites (tertiary alicyclic amines) is 1. The molecule has 0 aromatic carbocycles. The molecule has 0 bridgehead atoms. The number of fused-ring (bicyclic) bond motifs is 1. The maximum atomic E-state index is 12.7. The number of amides is 1. The van der Waals surface area contributed by atoms with Gasteiger partial charge in [0.15, 0.2) is 5.65 Å². The molecule has 1 aliphatic rings. The van der Waals surface area contributed by atoms with E-state index in [-0.39, 0.29) is 17.4 Å². The fraction of sp³-hybridized carbons (Fsp3) is 0.500. The van der Waals surface area contributed by atoms with Gasteiger partial charge < -0.3 is 14.2 Å². The average molecular weight is 399 g/mol. The number of H-pyrrole nitrogens is 1. The summed E-state index contributed by atoms with van der Waals surface area (Å²) in [6.45, 7) is 3.35. The second-order valence-corrected chi connectivity index (χ2v) is 7.36. The predicted octanol–water partition coefficient (Wildman–Crippen LogP) is 1.92. The quantitative estimate of drug-likeness (QED) is 0.679. The second-order valence-electron chi connectivity index (χ2n) is 7.36. The van der Waals surface area contributed by atoms with Crippen LogP contribution in [0.15, 0.2) is 27.5 Å². The Morgan fingerprint density at radius 3 is 3.00 bits per heavy atom. The number of hydrogen-bond acceptors (Lipinski definition) is 6. The van der Waals surface area contributed by atoms with Crippen molar-refractivity contribution in [2.75, 3.05) is 20.2 Å². The summed E-state index contributed by atoms with van der Waals surface area (Å²) in [5, 5.41) is 6.93. The number of aromatic amines is 1. The van der Waals surface area contributed by atoms with Gasteiger partial charge in [0.2, 0.25) is 5.91 Å². The van der Waals surface area contributed by atoms with Gasteiger partial charge in [-0.3, -0.25) is 14.7 Å². The van der Waals surface area contributed by atoms with Crippen LogP contribution in [0.4, 0.5) is 0 Å². The molecule has 1 unspecified atom stereocenters. The minimum Gasteiger partial charge on any atom is -0.479 e. The number of nitrogens with zero attached hydrogens (tertiary/aromatic N) is 4. The summed E-state index contributed by atoms with van der Waals surface area (Å²) in [5.74, 6) is 1.30. The fourth-order valence-electron chi connectivity index (χ4n) is 3.80. The van der Waals surface area contributed by atoms with E-state index in [0.29, 0.717) is 36.7 Å². The van der Waals surface area contributed by atoms with Crippen LogP contribution < -0.4 is 10.3 Å². The lowest BCUT2D eigenvalue weighted by atomic mass is 9.94. The molecule has 9 nitrogen and oxygen atoms in total.